The van der Waals surface area contributed by atoms with Crippen molar-refractivity contribution in [3.05, 3.63) is 42.5 Å². The van der Waals surface area contributed by atoms with Crippen molar-refractivity contribution < 1.29 is 13.5 Å². The van der Waals surface area contributed by atoms with Crippen LogP contribution in [0.2, 0.25) is 0 Å². The first-order valence-electron chi connectivity index (χ1n) is 14.6. The Morgan fingerprint density at radius 2 is 1.85 bits per heavy atom. The number of aliphatic hydroxyl groups is 1. The summed E-state index contributed by atoms with van der Waals surface area (Å²) in [6.07, 6.45) is 15.7. The van der Waals surface area contributed by atoms with Gasteiger partial charge in [0.1, 0.15) is 11.6 Å². The maximum atomic E-state index is 12.5. The van der Waals surface area contributed by atoms with Gasteiger partial charge in [0, 0.05) is 44.1 Å². The van der Waals surface area contributed by atoms with Gasteiger partial charge in [-0.05, 0) is 50.0 Å². The lowest BCUT2D eigenvalue weighted by Gasteiger charge is -2.39. The van der Waals surface area contributed by atoms with Gasteiger partial charge < -0.3 is 15.3 Å². The fraction of sp³-hybridized carbons (Fsp3) is 0.533. The number of aromatic nitrogens is 5. The Morgan fingerprint density at radius 3 is 2.59 bits per heavy atom. The van der Waals surface area contributed by atoms with Gasteiger partial charge in [-0.15, -0.1) is 0 Å². The summed E-state index contributed by atoms with van der Waals surface area (Å²) in [5, 5.41) is 16.9. The summed E-state index contributed by atoms with van der Waals surface area (Å²) < 4.78 is 26.1. The number of hydrogen-bond acceptors (Lipinski definition) is 9. The summed E-state index contributed by atoms with van der Waals surface area (Å²) in [6.45, 7) is 4.01. The van der Waals surface area contributed by atoms with Gasteiger partial charge in [0.05, 0.1) is 34.5 Å². The van der Waals surface area contributed by atoms with Gasteiger partial charge in [-0.25, -0.2) is 23.4 Å². The summed E-state index contributed by atoms with van der Waals surface area (Å²) in [5.74, 6) is 8.96. The number of hydrogen-bond donors (Lipinski definition) is 2. The van der Waals surface area contributed by atoms with Gasteiger partial charge in [0.25, 0.3) is 10.0 Å². The van der Waals surface area contributed by atoms with Crippen LogP contribution in [0, 0.1) is 23.2 Å². The lowest BCUT2D eigenvalue weighted by Crippen LogP contribution is -2.40. The van der Waals surface area contributed by atoms with E-state index in [9.17, 15) is 13.5 Å². The molecule has 11 heteroatoms. The van der Waals surface area contributed by atoms with Gasteiger partial charge in [-0.1, -0.05) is 38.0 Å². The minimum atomic E-state index is -3.46. The van der Waals surface area contributed by atoms with Gasteiger partial charge in [-0.2, -0.15) is 9.19 Å². The van der Waals surface area contributed by atoms with E-state index in [4.69, 9.17) is 0 Å². The molecule has 0 aromatic carbocycles. The lowest BCUT2D eigenvalue weighted by atomic mass is 9.81. The van der Waals surface area contributed by atoms with Crippen LogP contribution in [0.25, 0.3) is 11.4 Å². The van der Waals surface area contributed by atoms with Crippen LogP contribution >= 0.6 is 0 Å². The summed E-state index contributed by atoms with van der Waals surface area (Å²) in [7, 11) is -3.46. The highest BCUT2D eigenvalue weighted by Crippen LogP contribution is 2.35. The second-order valence-corrected chi connectivity index (χ2v) is 14.0. The Bertz CT molecular complexity index is 1560. The SMILES string of the molecule is CC1(CO)CCN(c2cc(Nc3ccnc(-c4cnn(S(=O)(=O)C5CC5)c4)n3)ncc2C#CC2CCCCC2)CC1. The topological polar surface area (TPSA) is 126 Å². The Kier molecular flexibility index (Phi) is 7.70. The molecule has 2 aliphatic carbocycles. The first-order valence-corrected chi connectivity index (χ1v) is 16.1. The summed E-state index contributed by atoms with van der Waals surface area (Å²) >= 11 is 0. The number of aliphatic hydroxyl groups excluding tert-OH is 1. The van der Waals surface area contributed by atoms with Gasteiger partial charge in [0.2, 0.25) is 0 Å². The molecule has 3 aromatic rings. The molecule has 0 spiro atoms. The Hall–Kier alpha value is -3.49. The van der Waals surface area contributed by atoms with Gasteiger partial charge in [0.15, 0.2) is 5.82 Å². The molecule has 1 aliphatic heterocycles. The molecule has 3 aromatic heterocycles. The molecule has 3 aliphatic rings. The maximum absolute atomic E-state index is 12.5. The predicted molar refractivity (Wildman–Crippen MR) is 158 cm³/mol. The van der Waals surface area contributed by atoms with Crippen LogP contribution in [0.1, 0.15) is 70.3 Å². The summed E-state index contributed by atoms with van der Waals surface area (Å²) in [6, 6.07) is 3.77. The van der Waals surface area contributed by atoms with Crippen LogP contribution < -0.4 is 10.2 Å². The first-order chi connectivity index (χ1) is 19.8. The van der Waals surface area contributed by atoms with Crippen LogP contribution in [0.5, 0.6) is 0 Å². The third-order valence-electron chi connectivity index (χ3n) is 8.53. The number of piperidine rings is 1. The van der Waals surface area contributed by atoms with E-state index >= 15 is 0 Å². The van der Waals surface area contributed by atoms with Crippen LogP contribution in [-0.2, 0) is 10.0 Å². The number of anilines is 3. The largest absolute Gasteiger partial charge is 0.396 e. The van der Waals surface area contributed by atoms with E-state index in [0.717, 1.165) is 54.1 Å². The third-order valence-corrected chi connectivity index (χ3v) is 10.6. The number of nitrogens with zero attached hydrogens (tertiary/aromatic N) is 6. The van der Waals surface area contributed by atoms with Crippen LogP contribution in [0.15, 0.2) is 36.9 Å². The third kappa shape index (κ3) is 6.23. The van der Waals surface area contributed by atoms with E-state index in [1.54, 1.807) is 12.3 Å². The van der Waals surface area contributed by atoms with Crippen LogP contribution in [0.4, 0.5) is 17.3 Å². The molecule has 0 bridgehead atoms. The molecule has 0 atom stereocenters. The molecule has 6 rings (SSSR count). The van der Waals surface area contributed by atoms with Crippen molar-refractivity contribution in [2.75, 3.05) is 29.9 Å². The molecule has 0 radical (unpaired) electrons. The van der Waals surface area contributed by atoms with Crippen molar-refractivity contribution in [2.45, 2.75) is 70.0 Å². The zero-order valence-electron chi connectivity index (χ0n) is 23.5. The monoisotopic (exact) mass is 575 g/mol. The van der Waals surface area contributed by atoms with Crippen molar-refractivity contribution in [1.29, 1.82) is 0 Å². The van der Waals surface area contributed by atoms with E-state index in [-0.39, 0.29) is 17.3 Å². The van der Waals surface area contributed by atoms with Crippen molar-refractivity contribution >= 4 is 27.3 Å². The van der Waals surface area contributed by atoms with E-state index in [2.05, 4.69) is 49.0 Å². The molecular formula is C30H37N7O3S. The fourth-order valence-electron chi connectivity index (χ4n) is 5.52. The van der Waals surface area contributed by atoms with Crippen LogP contribution in [-0.4, -0.2) is 62.6 Å². The molecule has 2 N–H and O–H groups in total. The highest BCUT2D eigenvalue weighted by Gasteiger charge is 2.37. The highest BCUT2D eigenvalue weighted by atomic mass is 32.2. The zero-order valence-corrected chi connectivity index (χ0v) is 24.3. The average Bonchev–Trinajstić information content (AvgIpc) is 3.74. The normalized spacial score (nSPS) is 19.4. The van der Waals surface area contributed by atoms with Crippen molar-refractivity contribution in [3.8, 4) is 23.2 Å². The molecule has 41 heavy (non-hydrogen) atoms. The second-order valence-electron chi connectivity index (χ2n) is 11.9. The number of nitrogens with one attached hydrogen (secondary N) is 1. The number of pyridine rings is 1. The summed E-state index contributed by atoms with van der Waals surface area (Å²) in [4.78, 5) is 16.0. The zero-order chi connectivity index (χ0) is 28.5. The first kappa shape index (κ1) is 27.7. The molecule has 0 amide bonds. The van der Waals surface area contributed by atoms with Crippen molar-refractivity contribution in [3.63, 3.8) is 0 Å². The maximum Gasteiger partial charge on any atom is 0.256 e. The quantitative estimate of drug-likeness (QED) is 0.396. The minimum absolute atomic E-state index is 0.0539. The molecule has 1 saturated heterocycles. The van der Waals surface area contributed by atoms with Crippen molar-refractivity contribution in [1.82, 2.24) is 24.1 Å². The van der Waals surface area contributed by atoms with E-state index in [0.29, 0.717) is 41.8 Å². The summed E-state index contributed by atoms with van der Waals surface area (Å²) in [5.41, 5.74) is 2.43. The molecule has 3 fully saturated rings. The molecule has 2 saturated carbocycles. The highest BCUT2D eigenvalue weighted by molar-refractivity contribution is 7.90. The lowest BCUT2D eigenvalue weighted by molar-refractivity contribution is 0.115. The van der Waals surface area contributed by atoms with E-state index in [1.807, 2.05) is 12.3 Å². The molecule has 216 valence electrons. The van der Waals surface area contributed by atoms with Gasteiger partial charge >= 0.3 is 0 Å². The average molecular weight is 576 g/mol. The Morgan fingerprint density at radius 1 is 1.07 bits per heavy atom. The number of rotatable bonds is 7. The second kappa shape index (κ2) is 11.4. The van der Waals surface area contributed by atoms with E-state index in [1.165, 1.54) is 31.7 Å². The molecule has 10 nitrogen and oxygen atoms in total. The van der Waals surface area contributed by atoms with Crippen LogP contribution in [0.3, 0.4) is 0 Å². The van der Waals surface area contributed by atoms with Gasteiger partial charge in [-0.3, -0.25) is 0 Å². The minimum Gasteiger partial charge on any atom is -0.396 e. The molecule has 0 unspecified atom stereocenters. The Balaban J connectivity index is 1.24. The smallest absolute Gasteiger partial charge is 0.256 e. The van der Waals surface area contributed by atoms with Crippen molar-refractivity contribution in [2.24, 2.45) is 11.3 Å². The fourth-order valence-corrected chi connectivity index (χ4v) is 7.00. The standard InChI is InChI=1S/C30H37N7O3S/c1-30(21-38)12-15-36(16-13-30)26-17-28(32-18-23(26)8-7-22-5-3-2-4-6-22)34-27-11-14-31-29(35-27)24-19-33-37(20-24)41(39,40)25-9-10-25/h11,14,17-20,22,25,38H,2-6,9-10,12-13,15-16,21H2,1H3,(H,31,32,34,35). The molecule has 4 heterocycles. The Labute approximate surface area is 241 Å². The predicted octanol–water partition coefficient (Wildman–Crippen LogP) is 4.35. The molecular weight excluding hydrogens is 538 g/mol. The van der Waals surface area contributed by atoms with E-state index < -0.39 is 10.0 Å².